The lowest BCUT2D eigenvalue weighted by Crippen LogP contribution is -2.15. The van der Waals surface area contributed by atoms with Gasteiger partial charge in [-0.25, -0.2) is 4.79 Å². The molecule has 0 saturated carbocycles. The molecule has 0 bridgehead atoms. The smallest absolute Gasteiger partial charge is 0.337 e. The highest BCUT2D eigenvalue weighted by Crippen LogP contribution is 2.26. The highest BCUT2D eigenvalue weighted by molar-refractivity contribution is 9.10. The summed E-state index contributed by atoms with van der Waals surface area (Å²) in [6.45, 7) is 5.77. The number of amides is 1. The zero-order valence-electron chi connectivity index (χ0n) is 14.6. The van der Waals surface area contributed by atoms with Gasteiger partial charge in [-0.1, -0.05) is 6.07 Å². The molecule has 26 heavy (non-hydrogen) atoms. The SMILES string of the molecule is Cc1ccc(NC(=O)c2cc(=O)oc3cc(OC(C)C)ccc23)c(Br)c1. The minimum atomic E-state index is -0.590. The second-order valence-electron chi connectivity index (χ2n) is 6.24. The number of halogens is 1. The van der Waals surface area contributed by atoms with E-state index in [1.807, 2.05) is 32.9 Å². The van der Waals surface area contributed by atoms with Gasteiger partial charge < -0.3 is 14.5 Å². The molecule has 0 unspecified atom stereocenters. The van der Waals surface area contributed by atoms with Crippen LogP contribution in [0.15, 0.2) is 56.1 Å². The number of nitrogens with one attached hydrogen (secondary N) is 1. The molecule has 3 aromatic rings. The van der Waals surface area contributed by atoms with Crippen LogP contribution in [0.5, 0.6) is 5.75 Å². The molecule has 134 valence electrons. The first-order valence-corrected chi connectivity index (χ1v) is 8.95. The standard InChI is InChI=1S/C20H18BrNO4/c1-11(2)25-13-5-6-14-15(10-19(23)26-18(14)9-13)20(24)22-17-7-4-12(3)8-16(17)21/h4-11H,1-3H3,(H,22,24). The first-order chi connectivity index (χ1) is 12.3. The molecule has 0 aliphatic carbocycles. The fourth-order valence-electron chi connectivity index (χ4n) is 2.59. The summed E-state index contributed by atoms with van der Waals surface area (Å²) < 4.78 is 11.6. The van der Waals surface area contributed by atoms with E-state index in [1.54, 1.807) is 24.3 Å². The van der Waals surface area contributed by atoms with E-state index in [9.17, 15) is 9.59 Å². The minimum absolute atomic E-state index is 0.00968. The first kappa shape index (κ1) is 18.2. The highest BCUT2D eigenvalue weighted by Gasteiger charge is 2.15. The molecule has 0 radical (unpaired) electrons. The second kappa shape index (κ2) is 7.33. The quantitative estimate of drug-likeness (QED) is 0.614. The van der Waals surface area contributed by atoms with Crippen molar-refractivity contribution in [2.45, 2.75) is 26.9 Å². The van der Waals surface area contributed by atoms with E-state index in [-0.39, 0.29) is 17.6 Å². The van der Waals surface area contributed by atoms with E-state index in [0.717, 1.165) is 10.0 Å². The molecule has 0 aliphatic heterocycles. The lowest BCUT2D eigenvalue weighted by molar-refractivity contribution is 0.102. The predicted molar refractivity (Wildman–Crippen MR) is 105 cm³/mol. The Balaban J connectivity index is 2.00. The van der Waals surface area contributed by atoms with Gasteiger partial charge in [0.15, 0.2) is 0 Å². The lowest BCUT2D eigenvalue weighted by Gasteiger charge is -2.12. The van der Waals surface area contributed by atoms with Gasteiger partial charge in [-0.2, -0.15) is 0 Å². The Morgan fingerprint density at radius 2 is 1.92 bits per heavy atom. The number of hydrogen-bond donors (Lipinski definition) is 1. The molecule has 1 amide bonds. The van der Waals surface area contributed by atoms with Gasteiger partial charge in [-0.05, 0) is 66.5 Å². The molecule has 0 atom stereocenters. The summed E-state index contributed by atoms with van der Waals surface area (Å²) in [5, 5.41) is 3.37. The Hall–Kier alpha value is -2.60. The van der Waals surface area contributed by atoms with Gasteiger partial charge in [0.2, 0.25) is 0 Å². The zero-order valence-corrected chi connectivity index (χ0v) is 16.2. The van der Waals surface area contributed by atoms with Crippen LogP contribution in [0.3, 0.4) is 0 Å². The van der Waals surface area contributed by atoms with Crippen molar-refractivity contribution < 1.29 is 13.9 Å². The number of anilines is 1. The van der Waals surface area contributed by atoms with E-state index >= 15 is 0 Å². The summed E-state index contributed by atoms with van der Waals surface area (Å²) in [5.41, 5.74) is 1.66. The lowest BCUT2D eigenvalue weighted by atomic mass is 10.1. The molecule has 1 aromatic heterocycles. The monoisotopic (exact) mass is 415 g/mol. The molecule has 0 saturated heterocycles. The van der Waals surface area contributed by atoms with Gasteiger partial charge in [0, 0.05) is 22.0 Å². The third kappa shape index (κ3) is 3.96. The summed E-state index contributed by atoms with van der Waals surface area (Å²) in [6.07, 6.45) is -0.00968. The third-order valence-corrected chi connectivity index (χ3v) is 4.36. The topological polar surface area (TPSA) is 68.5 Å². The number of rotatable bonds is 4. The average molecular weight is 416 g/mol. The van der Waals surface area contributed by atoms with Gasteiger partial charge in [0.1, 0.15) is 11.3 Å². The molecule has 3 rings (SSSR count). The summed E-state index contributed by atoms with van der Waals surface area (Å²) >= 11 is 3.43. The summed E-state index contributed by atoms with van der Waals surface area (Å²) in [6, 6.07) is 11.9. The van der Waals surface area contributed by atoms with Crippen LogP contribution in [0, 0.1) is 6.92 Å². The van der Waals surface area contributed by atoms with Gasteiger partial charge in [-0.15, -0.1) is 0 Å². The Kier molecular flexibility index (Phi) is 5.13. The number of benzene rings is 2. The fraction of sp³-hybridized carbons (Fsp3) is 0.200. The van der Waals surface area contributed by atoms with Crippen molar-refractivity contribution in [3.05, 3.63) is 68.5 Å². The van der Waals surface area contributed by atoms with Gasteiger partial charge in [0.05, 0.1) is 17.4 Å². The summed E-state index contributed by atoms with van der Waals surface area (Å²) in [5.74, 6) is 0.194. The molecule has 2 aromatic carbocycles. The van der Waals surface area contributed by atoms with E-state index in [4.69, 9.17) is 9.15 Å². The predicted octanol–water partition coefficient (Wildman–Crippen LogP) is 4.90. The molecule has 6 heteroatoms. The van der Waals surface area contributed by atoms with Crippen molar-refractivity contribution in [3.8, 4) is 5.75 Å². The van der Waals surface area contributed by atoms with E-state index in [0.29, 0.717) is 22.4 Å². The first-order valence-electron chi connectivity index (χ1n) is 8.15. The van der Waals surface area contributed by atoms with Crippen LogP contribution in [0.2, 0.25) is 0 Å². The van der Waals surface area contributed by atoms with Crippen LogP contribution < -0.4 is 15.7 Å². The Morgan fingerprint density at radius 3 is 2.62 bits per heavy atom. The van der Waals surface area contributed by atoms with Crippen LogP contribution >= 0.6 is 15.9 Å². The van der Waals surface area contributed by atoms with E-state index in [2.05, 4.69) is 21.2 Å². The van der Waals surface area contributed by atoms with Crippen molar-refractivity contribution in [2.24, 2.45) is 0 Å². The summed E-state index contributed by atoms with van der Waals surface area (Å²) in [7, 11) is 0. The van der Waals surface area contributed by atoms with Crippen LogP contribution in [0.25, 0.3) is 11.0 Å². The maximum atomic E-state index is 12.7. The van der Waals surface area contributed by atoms with E-state index in [1.165, 1.54) is 6.07 Å². The highest BCUT2D eigenvalue weighted by atomic mass is 79.9. The molecule has 0 fully saturated rings. The number of hydrogen-bond acceptors (Lipinski definition) is 4. The van der Waals surface area contributed by atoms with Crippen LogP contribution in [0.1, 0.15) is 29.8 Å². The maximum Gasteiger partial charge on any atom is 0.337 e. The molecule has 0 aliphatic rings. The van der Waals surface area contributed by atoms with Gasteiger partial charge >= 0.3 is 5.63 Å². The second-order valence-corrected chi connectivity index (χ2v) is 7.10. The molecule has 1 heterocycles. The minimum Gasteiger partial charge on any atom is -0.491 e. The van der Waals surface area contributed by atoms with E-state index < -0.39 is 5.63 Å². The van der Waals surface area contributed by atoms with Crippen molar-refractivity contribution in [1.82, 2.24) is 0 Å². The Bertz CT molecular complexity index is 1040. The molecule has 0 spiro atoms. The van der Waals surface area contributed by atoms with Crippen molar-refractivity contribution in [1.29, 1.82) is 0 Å². The van der Waals surface area contributed by atoms with Crippen LogP contribution in [-0.4, -0.2) is 12.0 Å². The number of ether oxygens (including phenoxy) is 1. The molecular formula is C20H18BrNO4. The number of aryl methyl sites for hydroxylation is 1. The molecular weight excluding hydrogens is 398 g/mol. The van der Waals surface area contributed by atoms with Crippen molar-refractivity contribution in [3.63, 3.8) is 0 Å². The van der Waals surface area contributed by atoms with Crippen molar-refractivity contribution in [2.75, 3.05) is 5.32 Å². The number of carbonyl (C=O) groups is 1. The van der Waals surface area contributed by atoms with Crippen molar-refractivity contribution >= 4 is 38.5 Å². The normalized spacial score (nSPS) is 11.0. The summed E-state index contributed by atoms with van der Waals surface area (Å²) in [4.78, 5) is 24.6. The fourth-order valence-corrected chi connectivity index (χ4v) is 3.18. The van der Waals surface area contributed by atoms with Gasteiger partial charge in [-0.3, -0.25) is 4.79 Å². The largest absolute Gasteiger partial charge is 0.491 e. The van der Waals surface area contributed by atoms with Crippen LogP contribution in [0.4, 0.5) is 5.69 Å². The molecule has 5 nitrogen and oxygen atoms in total. The average Bonchev–Trinajstić information content (AvgIpc) is 2.55. The Morgan fingerprint density at radius 1 is 1.15 bits per heavy atom. The van der Waals surface area contributed by atoms with Crippen LogP contribution in [-0.2, 0) is 0 Å². The molecule has 1 N–H and O–H groups in total. The third-order valence-electron chi connectivity index (χ3n) is 3.71. The Labute approximate surface area is 159 Å². The number of fused-ring (bicyclic) bond motifs is 1. The maximum absolute atomic E-state index is 12.7. The van der Waals surface area contributed by atoms with Gasteiger partial charge in [0.25, 0.3) is 5.91 Å². The zero-order chi connectivity index (χ0) is 18.8. The number of carbonyl (C=O) groups excluding carboxylic acids is 1.